The molecule has 4 nitrogen and oxygen atoms in total. The number of nitrogens with zero attached hydrogens (tertiary/aromatic N) is 1. The quantitative estimate of drug-likeness (QED) is 0.301. The fourth-order valence-electron chi connectivity index (χ4n) is 0.264. The summed E-state index contributed by atoms with van der Waals surface area (Å²) >= 11 is 0. The Kier molecular flexibility index (Phi) is 4.92. The Hall–Kier alpha value is -0.610. The lowest BCUT2D eigenvalue weighted by atomic mass is 10.8. The Morgan fingerprint density at radius 3 is 2.43 bits per heavy atom. The highest BCUT2D eigenvalue weighted by atomic mass is 16.5. The van der Waals surface area contributed by atoms with Gasteiger partial charge in [-0.25, -0.2) is 0 Å². The summed E-state index contributed by atoms with van der Waals surface area (Å²) in [7, 11) is 0. The minimum atomic E-state index is 0.778. The normalized spacial score (nSPS) is 14.6. The Morgan fingerprint density at radius 2 is 2.29 bits per heavy atom. The summed E-state index contributed by atoms with van der Waals surface area (Å²) in [6.45, 7) is 1.62. The van der Waals surface area contributed by atoms with Crippen LogP contribution in [0, 0.1) is 0 Å². The van der Waals surface area contributed by atoms with Gasteiger partial charge in [0, 0.05) is 0 Å². The SMILES string of the molecule is C1=NCCO1.NN. The molecule has 7 heavy (non-hydrogen) atoms. The molecule has 0 aromatic rings. The van der Waals surface area contributed by atoms with E-state index in [2.05, 4.69) is 21.4 Å². The molecule has 0 fully saturated rings. The highest BCUT2D eigenvalue weighted by Gasteiger charge is 1.84. The molecule has 4 heteroatoms. The number of nitrogens with two attached hydrogens (primary N) is 2. The maximum Gasteiger partial charge on any atom is 0.169 e. The summed E-state index contributed by atoms with van der Waals surface area (Å²) < 4.78 is 4.65. The van der Waals surface area contributed by atoms with Gasteiger partial charge in [-0.1, -0.05) is 0 Å². The summed E-state index contributed by atoms with van der Waals surface area (Å²) in [6.07, 6.45) is 1.49. The average Bonchev–Trinajstić information content (AvgIpc) is 2.23. The first kappa shape index (κ1) is 6.39. The summed E-state index contributed by atoms with van der Waals surface area (Å²) in [5.41, 5.74) is 0. The van der Waals surface area contributed by atoms with Gasteiger partial charge in [0.25, 0.3) is 0 Å². The van der Waals surface area contributed by atoms with Gasteiger partial charge in [0.2, 0.25) is 0 Å². The lowest BCUT2D eigenvalue weighted by Crippen LogP contribution is -2.02. The van der Waals surface area contributed by atoms with Gasteiger partial charge in [0.15, 0.2) is 6.40 Å². The molecule has 42 valence electrons. The van der Waals surface area contributed by atoms with Crippen LogP contribution in [0.2, 0.25) is 0 Å². The van der Waals surface area contributed by atoms with Gasteiger partial charge in [0.1, 0.15) is 6.61 Å². The smallest absolute Gasteiger partial charge is 0.169 e. The van der Waals surface area contributed by atoms with Crippen LogP contribution < -0.4 is 11.7 Å². The molecule has 1 aliphatic rings. The van der Waals surface area contributed by atoms with Gasteiger partial charge in [0.05, 0.1) is 6.54 Å². The first-order chi connectivity index (χ1) is 3.50. The highest BCUT2D eigenvalue weighted by molar-refractivity contribution is 5.47. The fourth-order valence-corrected chi connectivity index (χ4v) is 0.264. The first-order valence-electron chi connectivity index (χ1n) is 1.93. The Labute approximate surface area is 42.1 Å². The van der Waals surface area contributed by atoms with Gasteiger partial charge in [-0.3, -0.25) is 16.7 Å². The molecule has 0 saturated carbocycles. The molecule has 0 radical (unpaired) electrons. The standard InChI is InChI=1S/C3H5NO.H4N2/c1-2-5-3-4-1;1-2/h3H,1-2H2;1-2H2. The molecule has 1 heterocycles. The third-order valence-corrected chi connectivity index (χ3v) is 0.487. The van der Waals surface area contributed by atoms with Crippen LogP contribution in [0.5, 0.6) is 0 Å². The summed E-state index contributed by atoms with van der Waals surface area (Å²) in [6, 6.07) is 0. The molecule has 1 aliphatic heterocycles. The number of aliphatic imine (C=N–C) groups is 1. The van der Waals surface area contributed by atoms with Crippen molar-refractivity contribution >= 4 is 6.40 Å². The number of rotatable bonds is 0. The number of hydrogen-bond donors (Lipinski definition) is 2. The van der Waals surface area contributed by atoms with Crippen LogP contribution in [0.15, 0.2) is 4.99 Å². The van der Waals surface area contributed by atoms with E-state index in [0.717, 1.165) is 13.2 Å². The van der Waals surface area contributed by atoms with Crippen LogP contribution in [0.1, 0.15) is 0 Å². The second-order valence-electron chi connectivity index (χ2n) is 0.882. The van der Waals surface area contributed by atoms with Crippen molar-refractivity contribution in [3.05, 3.63) is 0 Å². The summed E-state index contributed by atoms with van der Waals surface area (Å²) in [5.74, 6) is 8.00. The third-order valence-electron chi connectivity index (χ3n) is 0.487. The van der Waals surface area contributed by atoms with Gasteiger partial charge in [-0.05, 0) is 0 Å². The van der Waals surface area contributed by atoms with Crippen LogP contribution >= 0.6 is 0 Å². The van der Waals surface area contributed by atoms with E-state index >= 15 is 0 Å². The predicted molar refractivity (Wildman–Crippen MR) is 27.7 cm³/mol. The third kappa shape index (κ3) is 3.21. The molecule has 1 rings (SSSR count). The Balaban J connectivity index is 0.000000162. The van der Waals surface area contributed by atoms with Crippen molar-refractivity contribution in [1.29, 1.82) is 0 Å². The fraction of sp³-hybridized carbons (Fsp3) is 0.667. The molecule has 4 N–H and O–H groups in total. The van der Waals surface area contributed by atoms with Gasteiger partial charge in [-0.15, -0.1) is 0 Å². The summed E-state index contributed by atoms with van der Waals surface area (Å²) in [5, 5.41) is 0. The molecule has 0 aromatic heterocycles. The Bertz CT molecular complexity index is 48.1. The molecular weight excluding hydrogens is 94.1 g/mol. The highest BCUT2D eigenvalue weighted by Crippen LogP contribution is 1.78. The maximum atomic E-state index is 4.65. The van der Waals surface area contributed by atoms with Gasteiger partial charge in [-0.2, -0.15) is 0 Å². The number of ether oxygens (including phenoxy) is 1. The van der Waals surface area contributed by atoms with Crippen LogP contribution in [0.25, 0.3) is 0 Å². The zero-order valence-electron chi connectivity index (χ0n) is 4.00. The minimum absolute atomic E-state index is 0.778. The molecule has 0 aromatic carbocycles. The predicted octanol–water partition coefficient (Wildman–Crippen LogP) is -1.14. The van der Waals surface area contributed by atoms with Crippen LogP contribution in [0.4, 0.5) is 0 Å². The molecule has 0 atom stereocenters. The molecule has 0 spiro atoms. The largest absolute Gasteiger partial charge is 0.482 e. The van der Waals surface area contributed by atoms with Gasteiger partial charge < -0.3 is 4.74 Å². The van der Waals surface area contributed by atoms with E-state index in [9.17, 15) is 0 Å². The van der Waals surface area contributed by atoms with Crippen molar-refractivity contribution in [2.24, 2.45) is 16.7 Å². The van der Waals surface area contributed by atoms with E-state index in [0.29, 0.717) is 0 Å². The van der Waals surface area contributed by atoms with Crippen molar-refractivity contribution in [2.75, 3.05) is 13.2 Å². The molecule has 0 unspecified atom stereocenters. The van der Waals surface area contributed by atoms with Crippen molar-refractivity contribution in [3.63, 3.8) is 0 Å². The molecule has 0 aliphatic carbocycles. The molecular formula is C3H9N3O. The lowest BCUT2D eigenvalue weighted by Gasteiger charge is -1.76. The van der Waals surface area contributed by atoms with E-state index in [1.54, 1.807) is 0 Å². The Morgan fingerprint density at radius 1 is 1.57 bits per heavy atom. The maximum absolute atomic E-state index is 4.65. The molecule has 0 bridgehead atoms. The van der Waals surface area contributed by atoms with Crippen molar-refractivity contribution in [3.8, 4) is 0 Å². The topological polar surface area (TPSA) is 73.6 Å². The van der Waals surface area contributed by atoms with E-state index in [1.165, 1.54) is 6.40 Å². The second-order valence-corrected chi connectivity index (χ2v) is 0.882. The minimum Gasteiger partial charge on any atom is -0.482 e. The van der Waals surface area contributed by atoms with Crippen LogP contribution in [0.3, 0.4) is 0 Å². The zero-order valence-corrected chi connectivity index (χ0v) is 4.00. The van der Waals surface area contributed by atoms with E-state index in [1.807, 2.05) is 0 Å². The van der Waals surface area contributed by atoms with E-state index in [-0.39, 0.29) is 0 Å². The van der Waals surface area contributed by atoms with Crippen molar-refractivity contribution < 1.29 is 4.74 Å². The van der Waals surface area contributed by atoms with Crippen LogP contribution in [-0.2, 0) is 4.74 Å². The first-order valence-corrected chi connectivity index (χ1v) is 1.93. The zero-order chi connectivity index (χ0) is 5.54. The number of hydrazine groups is 1. The monoisotopic (exact) mass is 103 g/mol. The lowest BCUT2D eigenvalue weighted by molar-refractivity contribution is 0.361. The molecule has 0 saturated heterocycles. The van der Waals surface area contributed by atoms with Crippen molar-refractivity contribution in [2.45, 2.75) is 0 Å². The van der Waals surface area contributed by atoms with Crippen LogP contribution in [-0.4, -0.2) is 19.6 Å². The van der Waals surface area contributed by atoms with E-state index < -0.39 is 0 Å². The summed E-state index contributed by atoms with van der Waals surface area (Å²) in [4.78, 5) is 3.74. The number of hydrogen-bond acceptors (Lipinski definition) is 4. The van der Waals surface area contributed by atoms with Gasteiger partial charge >= 0.3 is 0 Å². The average molecular weight is 103 g/mol. The molecule has 0 amide bonds. The van der Waals surface area contributed by atoms with E-state index in [4.69, 9.17) is 0 Å². The second kappa shape index (κ2) is 5.39. The van der Waals surface area contributed by atoms with Crippen molar-refractivity contribution in [1.82, 2.24) is 0 Å².